The molecule has 1 heterocycles. The molecule has 0 saturated heterocycles. The molecular weight excluding hydrogens is 216 g/mol. The van der Waals surface area contributed by atoms with Gasteiger partial charge in [-0.25, -0.2) is 0 Å². The van der Waals surface area contributed by atoms with Crippen LogP contribution in [0.25, 0.3) is 0 Å². The molecule has 0 bridgehead atoms. The first-order valence-electron chi connectivity index (χ1n) is 5.25. The third-order valence-electron chi connectivity index (χ3n) is 3.04. The van der Waals surface area contributed by atoms with E-state index in [1.165, 1.54) is 6.42 Å². The zero-order chi connectivity index (χ0) is 10.7. The van der Waals surface area contributed by atoms with Crippen molar-refractivity contribution in [1.29, 1.82) is 0 Å². The maximum Gasteiger partial charge on any atom is 0.241 e. The van der Waals surface area contributed by atoms with Gasteiger partial charge in [-0.3, -0.25) is 0 Å². The summed E-state index contributed by atoms with van der Waals surface area (Å²) in [6, 6.07) is 0. The lowest BCUT2D eigenvalue weighted by Crippen LogP contribution is -2.32. The average molecular weight is 231 g/mol. The zero-order valence-electron chi connectivity index (χ0n) is 8.83. The summed E-state index contributed by atoms with van der Waals surface area (Å²) in [5, 5.41) is 3.96. The third kappa shape index (κ3) is 2.01. The molecule has 1 aromatic rings. The van der Waals surface area contributed by atoms with E-state index in [0.717, 1.165) is 25.7 Å². The van der Waals surface area contributed by atoms with E-state index >= 15 is 0 Å². The molecule has 5 heteroatoms. The maximum atomic E-state index is 5.63. The Morgan fingerprint density at radius 2 is 2.13 bits per heavy atom. The predicted molar refractivity (Wildman–Crippen MR) is 55.6 cm³/mol. The first-order valence-corrected chi connectivity index (χ1v) is 5.78. The number of alkyl halides is 1. The van der Waals surface area contributed by atoms with Crippen LogP contribution in [0.1, 0.15) is 43.8 Å². The molecule has 0 unspecified atom stereocenters. The van der Waals surface area contributed by atoms with Crippen molar-refractivity contribution in [2.24, 2.45) is 0 Å². The minimum Gasteiger partial charge on any atom is -0.370 e. The Morgan fingerprint density at radius 1 is 1.40 bits per heavy atom. The Morgan fingerprint density at radius 3 is 2.67 bits per heavy atom. The molecule has 4 nitrogen and oxygen atoms in total. The monoisotopic (exact) mass is 230 g/mol. The molecule has 15 heavy (non-hydrogen) atoms. The minimum atomic E-state index is -0.341. The molecular formula is C10H15ClN2O2. The van der Waals surface area contributed by atoms with Gasteiger partial charge in [0, 0.05) is 7.11 Å². The molecule has 1 aliphatic carbocycles. The van der Waals surface area contributed by atoms with Gasteiger partial charge in [0.25, 0.3) is 0 Å². The second-order valence-electron chi connectivity index (χ2n) is 3.90. The number of hydrogen-bond acceptors (Lipinski definition) is 4. The molecule has 0 amide bonds. The molecule has 1 saturated carbocycles. The normalized spacial score (nSPS) is 20.4. The summed E-state index contributed by atoms with van der Waals surface area (Å²) in [6.07, 6.45) is 5.48. The molecule has 1 aromatic heterocycles. The zero-order valence-corrected chi connectivity index (χ0v) is 9.59. The number of nitrogens with zero attached hydrogens (tertiary/aromatic N) is 2. The van der Waals surface area contributed by atoms with Crippen LogP contribution >= 0.6 is 11.6 Å². The number of ether oxygens (including phenoxy) is 1. The lowest BCUT2D eigenvalue weighted by molar-refractivity contribution is -0.0527. The minimum absolute atomic E-state index is 0.257. The van der Waals surface area contributed by atoms with Crippen molar-refractivity contribution in [2.75, 3.05) is 7.11 Å². The highest BCUT2D eigenvalue weighted by Gasteiger charge is 2.38. The van der Waals surface area contributed by atoms with Crippen molar-refractivity contribution < 1.29 is 9.26 Å². The van der Waals surface area contributed by atoms with Crippen LogP contribution in [0.4, 0.5) is 0 Å². The smallest absolute Gasteiger partial charge is 0.241 e. The van der Waals surface area contributed by atoms with E-state index in [1.54, 1.807) is 7.11 Å². The van der Waals surface area contributed by atoms with Gasteiger partial charge in [-0.1, -0.05) is 24.4 Å². The molecule has 0 spiro atoms. The Labute approximate surface area is 93.9 Å². The third-order valence-corrected chi connectivity index (χ3v) is 3.27. The van der Waals surface area contributed by atoms with Crippen molar-refractivity contribution >= 4 is 11.6 Å². The van der Waals surface area contributed by atoms with Gasteiger partial charge in [-0.2, -0.15) is 4.98 Å². The van der Waals surface area contributed by atoms with E-state index in [9.17, 15) is 0 Å². The average Bonchev–Trinajstić information content (AvgIpc) is 2.79. The van der Waals surface area contributed by atoms with Crippen LogP contribution in [-0.4, -0.2) is 17.3 Å². The fourth-order valence-electron chi connectivity index (χ4n) is 2.14. The van der Waals surface area contributed by atoms with Crippen LogP contribution in [0.15, 0.2) is 4.52 Å². The van der Waals surface area contributed by atoms with Crippen LogP contribution in [0.2, 0.25) is 0 Å². The Balaban J connectivity index is 2.24. The molecule has 2 rings (SSSR count). The van der Waals surface area contributed by atoms with Crippen LogP contribution in [-0.2, 0) is 16.2 Å². The molecule has 0 atom stereocenters. The number of halogens is 1. The van der Waals surface area contributed by atoms with Crippen LogP contribution in [0, 0.1) is 0 Å². The van der Waals surface area contributed by atoms with E-state index in [2.05, 4.69) is 10.1 Å². The maximum absolute atomic E-state index is 5.63. The summed E-state index contributed by atoms with van der Waals surface area (Å²) in [7, 11) is 1.71. The Hall–Kier alpha value is -0.610. The number of hydrogen-bond donors (Lipinski definition) is 0. The first-order chi connectivity index (χ1) is 7.30. The van der Waals surface area contributed by atoms with Gasteiger partial charge in [0.2, 0.25) is 11.7 Å². The van der Waals surface area contributed by atoms with Crippen molar-refractivity contribution in [2.45, 2.75) is 43.6 Å². The summed E-state index contributed by atoms with van der Waals surface area (Å²) < 4.78 is 10.6. The van der Waals surface area contributed by atoms with E-state index in [0.29, 0.717) is 11.7 Å². The standard InChI is InChI=1S/C10H15ClN2O2/c1-14-10(5-3-2-4-6-10)9-12-8(7-11)15-13-9/h2-7H2,1H3. The SMILES string of the molecule is COC1(c2noc(CCl)n2)CCCCC1. The van der Waals surface area contributed by atoms with Crippen LogP contribution in [0.3, 0.4) is 0 Å². The highest BCUT2D eigenvalue weighted by Crippen LogP contribution is 2.38. The molecule has 84 valence electrons. The van der Waals surface area contributed by atoms with Gasteiger partial charge in [0.1, 0.15) is 11.5 Å². The van der Waals surface area contributed by atoms with Gasteiger partial charge in [-0.15, -0.1) is 11.6 Å². The molecule has 0 aromatic carbocycles. The van der Waals surface area contributed by atoms with Crippen LogP contribution < -0.4 is 0 Å². The summed E-state index contributed by atoms with van der Waals surface area (Å²) in [5.74, 6) is 1.38. The summed E-state index contributed by atoms with van der Waals surface area (Å²) in [5.41, 5.74) is -0.341. The Kier molecular flexibility index (Phi) is 3.26. The van der Waals surface area contributed by atoms with Gasteiger partial charge in [0.15, 0.2) is 0 Å². The molecule has 1 aliphatic rings. The quantitative estimate of drug-likeness (QED) is 0.749. The number of aromatic nitrogens is 2. The van der Waals surface area contributed by atoms with Gasteiger partial charge in [0.05, 0.1) is 0 Å². The van der Waals surface area contributed by atoms with E-state index in [1.807, 2.05) is 0 Å². The second-order valence-corrected chi connectivity index (χ2v) is 4.17. The van der Waals surface area contributed by atoms with E-state index < -0.39 is 0 Å². The molecule has 1 fully saturated rings. The lowest BCUT2D eigenvalue weighted by atomic mass is 9.84. The van der Waals surface area contributed by atoms with E-state index in [4.69, 9.17) is 20.9 Å². The number of rotatable bonds is 3. The van der Waals surface area contributed by atoms with Gasteiger partial charge in [-0.05, 0) is 12.8 Å². The summed E-state index contributed by atoms with van der Waals surface area (Å²) in [6.45, 7) is 0. The molecule has 0 aliphatic heterocycles. The van der Waals surface area contributed by atoms with Gasteiger partial charge >= 0.3 is 0 Å². The van der Waals surface area contributed by atoms with Crippen molar-refractivity contribution in [1.82, 2.24) is 10.1 Å². The fraction of sp³-hybridized carbons (Fsp3) is 0.800. The van der Waals surface area contributed by atoms with Crippen molar-refractivity contribution in [3.8, 4) is 0 Å². The highest BCUT2D eigenvalue weighted by molar-refractivity contribution is 6.16. The van der Waals surface area contributed by atoms with Crippen molar-refractivity contribution in [3.63, 3.8) is 0 Å². The van der Waals surface area contributed by atoms with Crippen molar-refractivity contribution in [3.05, 3.63) is 11.7 Å². The largest absolute Gasteiger partial charge is 0.370 e. The first kappa shape index (κ1) is 10.9. The Bertz CT molecular complexity index is 321. The molecule has 0 N–H and O–H groups in total. The lowest BCUT2D eigenvalue weighted by Gasteiger charge is -2.32. The summed E-state index contributed by atoms with van der Waals surface area (Å²) in [4.78, 5) is 4.26. The predicted octanol–water partition coefficient (Wildman–Crippen LogP) is 2.61. The van der Waals surface area contributed by atoms with Crippen LogP contribution in [0.5, 0.6) is 0 Å². The molecule has 0 radical (unpaired) electrons. The van der Waals surface area contributed by atoms with E-state index in [-0.39, 0.29) is 11.5 Å². The topological polar surface area (TPSA) is 48.2 Å². The van der Waals surface area contributed by atoms with Gasteiger partial charge < -0.3 is 9.26 Å². The highest BCUT2D eigenvalue weighted by atomic mass is 35.5. The summed E-state index contributed by atoms with van der Waals surface area (Å²) >= 11 is 5.63. The number of methoxy groups -OCH3 is 1. The fourth-order valence-corrected chi connectivity index (χ4v) is 2.24. The second kappa shape index (κ2) is 4.49.